The van der Waals surface area contributed by atoms with Crippen LogP contribution in [0.2, 0.25) is 0 Å². The molecule has 0 aromatic carbocycles. The first-order valence-corrected chi connectivity index (χ1v) is 4.47. The van der Waals surface area contributed by atoms with Crippen molar-refractivity contribution in [3.63, 3.8) is 0 Å². The van der Waals surface area contributed by atoms with Crippen molar-refractivity contribution < 1.29 is 5.11 Å². The van der Waals surface area contributed by atoms with Crippen molar-refractivity contribution in [1.29, 1.82) is 0 Å². The molecule has 0 radical (unpaired) electrons. The number of aromatic hydroxyl groups is 1. The summed E-state index contributed by atoms with van der Waals surface area (Å²) in [6, 6.07) is 1.55. The highest BCUT2D eigenvalue weighted by molar-refractivity contribution is 5.33. The van der Waals surface area contributed by atoms with Gasteiger partial charge in [-0.1, -0.05) is 0 Å². The van der Waals surface area contributed by atoms with Gasteiger partial charge in [0, 0.05) is 24.8 Å². The van der Waals surface area contributed by atoms with Gasteiger partial charge in [-0.15, -0.1) is 0 Å². The number of aromatic nitrogens is 2. The largest absolute Gasteiger partial charge is 0.493 e. The second-order valence-electron chi connectivity index (χ2n) is 2.84. The Morgan fingerprint density at radius 3 is 2.38 bits per heavy atom. The van der Waals surface area contributed by atoms with E-state index in [1.165, 1.54) is 0 Å². The lowest BCUT2D eigenvalue weighted by molar-refractivity contribution is 0.451. The Labute approximate surface area is 78.2 Å². The molecule has 0 atom stereocenters. The van der Waals surface area contributed by atoms with Crippen molar-refractivity contribution in [1.82, 2.24) is 9.97 Å². The van der Waals surface area contributed by atoms with Gasteiger partial charge in [0.1, 0.15) is 0 Å². The molecule has 0 saturated carbocycles. The number of nitrogens with zero attached hydrogens (tertiary/aromatic N) is 3. The predicted molar refractivity (Wildman–Crippen MR) is 52.0 cm³/mol. The molecule has 1 aromatic rings. The summed E-state index contributed by atoms with van der Waals surface area (Å²) >= 11 is 0. The van der Waals surface area contributed by atoms with Crippen LogP contribution in [-0.2, 0) is 0 Å². The highest BCUT2D eigenvalue weighted by atomic mass is 16.3. The fourth-order valence-corrected chi connectivity index (χ4v) is 1.18. The Morgan fingerprint density at radius 1 is 1.31 bits per heavy atom. The highest BCUT2D eigenvalue weighted by Crippen LogP contribution is 2.13. The summed E-state index contributed by atoms with van der Waals surface area (Å²) in [5, 5.41) is 9.26. The fraction of sp³-hybridized carbons (Fsp3) is 0.556. The van der Waals surface area contributed by atoms with E-state index >= 15 is 0 Å². The first-order chi connectivity index (χ1) is 6.17. The SMILES string of the molecule is CCN(CC)c1nc(C)cc(O)n1. The van der Waals surface area contributed by atoms with Gasteiger partial charge in [0.15, 0.2) is 0 Å². The normalized spacial score (nSPS) is 10.1. The predicted octanol–water partition coefficient (Wildman–Crippen LogP) is 1.34. The zero-order valence-corrected chi connectivity index (χ0v) is 8.28. The maximum Gasteiger partial charge on any atom is 0.228 e. The number of hydrogen-bond donors (Lipinski definition) is 1. The average molecular weight is 181 g/mol. The second-order valence-corrected chi connectivity index (χ2v) is 2.84. The van der Waals surface area contributed by atoms with Crippen LogP contribution in [0.4, 0.5) is 5.95 Å². The van der Waals surface area contributed by atoms with Crippen LogP contribution in [0.5, 0.6) is 5.88 Å². The third kappa shape index (κ3) is 2.31. The molecule has 0 bridgehead atoms. The third-order valence-corrected chi connectivity index (χ3v) is 1.88. The van der Waals surface area contributed by atoms with Gasteiger partial charge in [-0.05, 0) is 20.8 Å². The van der Waals surface area contributed by atoms with Crippen LogP contribution in [-0.4, -0.2) is 28.2 Å². The van der Waals surface area contributed by atoms with Gasteiger partial charge in [-0.2, -0.15) is 4.98 Å². The van der Waals surface area contributed by atoms with Gasteiger partial charge >= 0.3 is 0 Å². The molecule has 1 heterocycles. The van der Waals surface area contributed by atoms with E-state index in [9.17, 15) is 5.11 Å². The van der Waals surface area contributed by atoms with Crippen molar-refractivity contribution in [2.75, 3.05) is 18.0 Å². The third-order valence-electron chi connectivity index (χ3n) is 1.88. The Bertz CT molecular complexity index is 264. The lowest BCUT2D eigenvalue weighted by atomic mass is 10.4. The zero-order valence-electron chi connectivity index (χ0n) is 8.28. The van der Waals surface area contributed by atoms with Crippen LogP contribution >= 0.6 is 0 Å². The Hall–Kier alpha value is -1.32. The summed E-state index contributed by atoms with van der Waals surface area (Å²) < 4.78 is 0. The Kier molecular flexibility index (Phi) is 3.06. The summed E-state index contributed by atoms with van der Waals surface area (Å²) in [7, 11) is 0. The molecular formula is C9H15N3O. The maximum atomic E-state index is 9.26. The first kappa shape index (κ1) is 9.77. The molecule has 1 aromatic heterocycles. The van der Waals surface area contributed by atoms with E-state index in [1.54, 1.807) is 6.07 Å². The molecule has 0 saturated heterocycles. The minimum absolute atomic E-state index is 0.0365. The maximum absolute atomic E-state index is 9.26. The van der Waals surface area contributed by atoms with Crippen molar-refractivity contribution >= 4 is 5.95 Å². The fourth-order valence-electron chi connectivity index (χ4n) is 1.18. The number of rotatable bonds is 3. The standard InChI is InChI=1S/C9H15N3O/c1-4-12(5-2)9-10-7(3)6-8(13)11-9/h6H,4-5H2,1-3H3,(H,10,11,13). The minimum atomic E-state index is 0.0365. The van der Waals surface area contributed by atoms with E-state index in [0.29, 0.717) is 5.95 Å². The van der Waals surface area contributed by atoms with E-state index in [0.717, 1.165) is 18.8 Å². The first-order valence-electron chi connectivity index (χ1n) is 4.47. The topological polar surface area (TPSA) is 49.2 Å². The van der Waals surface area contributed by atoms with Gasteiger partial charge in [-0.25, -0.2) is 4.98 Å². The molecule has 0 aliphatic heterocycles. The number of anilines is 1. The summed E-state index contributed by atoms with van der Waals surface area (Å²) in [5.74, 6) is 0.636. The highest BCUT2D eigenvalue weighted by Gasteiger charge is 2.06. The summed E-state index contributed by atoms with van der Waals surface area (Å²) in [6.45, 7) is 7.60. The molecule has 13 heavy (non-hydrogen) atoms. The van der Waals surface area contributed by atoms with Crippen molar-refractivity contribution in [3.8, 4) is 5.88 Å². The quantitative estimate of drug-likeness (QED) is 0.764. The summed E-state index contributed by atoms with van der Waals surface area (Å²) in [4.78, 5) is 10.2. The summed E-state index contributed by atoms with van der Waals surface area (Å²) in [6.07, 6.45) is 0. The molecule has 0 aliphatic carbocycles. The number of aryl methyl sites for hydroxylation is 1. The van der Waals surface area contributed by atoms with E-state index in [1.807, 2.05) is 25.7 Å². The van der Waals surface area contributed by atoms with Crippen LogP contribution < -0.4 is 4.90 Å². The molecule has 0 unspecified atom stereocenters. The molecule has 0 fully saturated rings. The van der Waals surface area contributed by atoms with E-state index in [4.69, 9.17) is 0 Å². The van der Waals surface area contributed by atoms with Crippen LogP contribution in [0.3, 0.4) is 0 Å². The molecular weight excluding hydrogens is 166 g/mol. The van der Waals surface area contributed by atoms with E-state index in [2.05, 4.69) is 9.97 Å². The number of hydrogen-bond acceptors (Lipinski definition) is 4. The van der Waals surface area contributed by atoms with Crippen molar-refractivity contribution in [2.45, 2.75) is 20.8 Å². The van der Waals surface area contributed by atoms with Gasteiger partial charge in [0.2, 0.25) is 11.8 Å². The second kappa shape index (κ2) is 4.07. The Morgan fingerprint density at radius 2 is 1.92 bits per heavy atom. The van der Waals surface area contributed by atoms with Crippen LogP contribution in [0.1, 0.15) is 19.5 Å². The van der Waals surface area contributed by atoms with Crippen molar-refractivity contribution in [3.05, 3.63) is 11.8 Å². The minimum Gasteiger partial charge on any atom is -0.493 e. The van der Waals surface area contributed by atoms with Gasteiger partial charge in [0.25, 0.3) is 0 Å². The van der Waals surface area contributed by atoms with E-state index in [-0.39, 0.29) is 5.88 Å². The summed E-state index contributed by atoms with van der Waals surface area (Å²) in [5.41, 5.74) is 0.786. The average Bonchev–Trinajstić information content (AvgIpc) is 2.04. The van der Waals surface area contributed by atoms with E-state index < -0.39 is 0 Å². The molecule has 0 amide bonds. The monoisotopic (exact) mass is 181 g/mol. The van der Waals surface area contributed by atoms with Crippen LogP contribution in [0.15, 0.2) is 6.07 Å². The molecule has 1 rings (SSSR count). The molecule has 4 nitrogen and oxygen atoms in total. The molecule has 0 spiro atoms. The van der Waals surface area contributed by atoms with Gasteiger partial charge in [-0.3, -0.25) is 0 Å². The molecule has 0 aliphatic rings. The zero-order chi connectivity index (χ0) is 9.84. The lowest BCUT2D eigenvalue weighted by Crippen LogP contribution is -2.24. The lowest BCUT2D eigenvalue weighted by Gasteiger charge is -2.18. The molecule has 1 N–H and O–H groups in total. The molecule has 72 valence electrons. The van der Waals surface area contributed by atoms with Crippen molar-refractivity contribution in [2.24, 2.45) is 0 Å². The Balaban J connectivity index is 2.99. The van der Waals surface area contributed by atoms with Gasteiger partial charge < -0.3 is 10.0 Å². The smallest absolute Gasteiger partial charge is 0.228 e. The molecule has 4 heteroatoms. The van der Waals surface area contributed by atoms with Crippen LogP contribution in [0.25, 0.3) is 0 Å². The van der Waals surface area contributed by atoms with Gasteiger partial charge in [0.05, 0.1) is 0 Å². The van der Waals surface area contributed by atoms with Crippen LogP contribution in [0, 0.1) is 6.92 Å².